The molecule has 20 heavy (non-hydrogen) atoms. The van der Waals surface area contributed by atoms with Gasteiger partial charge in [0.15, 0.2) is 0 Å². The van der Waals surface area contributed by atoms with E-state index in [1.165, 1.54) is 16.0 Å². The summed E-state index contributed by atoms with van der Waals surface area (Å²) in [5, 5.41) is 1.17. The smallest absolute Gasteiger partial charge is 0.0603 e. The minimum Gasteiger partial charge on any atom is -0.328 e. The van der Waals surface area contributed by atoms with Gasteiger partial charge in [0, 0.05) is 15.8 Å². The summed E-state index contributed by atoms with van der Waals surface area (Å²) in [4.78, 5) is 2.30. The molecule has 0 saturated carbocycles. The van der Waals surface area contributed by atoms with E-state index in [0.29, 0.717) is 10.0 Å². The highest BCUT2D eigenvalue weighted by Crippen LogP contribution is 2.34. The van der Waals surface area contributed by atoms with Crippen molar-refractivity contribution >= 4 is 35.0 Å². The molecule has 1 unspecified atom stereocenters. The second-order valence-corrected chi connectivity index (χ2v) is 6.89. The van der Waals surface area contributed by atoms with Crippen LogP contribution in [0.25, 0.3) is 0 Å². The van der Waals surface area contributed by atoms with Crippen LogP contribution < -0.4 is 5.73 Å². The third-order valence-electron chi connectivity index (χ3n) is 2.92. The van der Waals surface area contributed by atoms with Crippen LogP contribution >= 0.6 is 35.0 Å². The molecular formula is C16H17Cl2NS. The molecule has 0 amide bonds. The lowest BCUT2D eigenvalue weighted by molar-refractivity contribution is 0.737. The van der Waals surface area contributed by atoms with Crippen LogP contribution in [0.15, 0.2) is 46.2 Å². The highest BCUT2D eigenvalue weighted by atomic mass is 35.5. The van der Waals surface area contributed by atoms with E-state index in [2.05, 4.69) is 25.1 Å². The van der Waals surface area contributed by atoms with Gasteiger partial charge in [0.1, 0.15) is 0 Å². The topological polar surface area (TPSA) is 26.0 Å². The van der Waals surface area contributed by atoms with Crippen molar-refractivity contribution in [3.63, 3.8) is 0 Å². The van der Waals surface area contributed by atoms with Crippen LogP contribution in [0.4, 0.5) is 0 Å². The average molecular weight is 326 g/mol. The summed E-state index contributed by atoms with van der Waals surface area (Å²) in [7, 11) is 0. The lowest BCUT2D eigenvalue weighted by atomic mass is 10.1. The van der Waals surface area contributed by atoms with Crippen LogP contribution in [0.3, 0.4) is 0 Å². The van der Waals surface area contributed by atoms with Crippen molar-refractivity contribution in [1.29, 1.82) is 0 Å². The van der Waals surface area contributed by atoms with E-state index in [1.807, 2.05) is 25.1 Å². The molecule has 4 heteroatoms. The fraction of sp³-hybridized carbons (Fsp3) is 0.250. The molecule has 0 bridgehead atoms. The molecule has 2 aromatic carbocycles. The average Bonchev–Trinajstić information content (AvgIpc) is 2.36. The maximum Gasteiger partial charge on any atom is 0.0603 e. The summed E-state index contributed by atoms with van der Waals surface area (Å²) in [5.74, 6) is 0. The summed E-state index contributed by atoms with van der Waals surface area (Å²) < 4.78 is 0. The molecule has 1 atom stereocenters. The highest BCUT2D eigenvalue weighted by Gasteiger charge is 2.06. The molecule has 0 aliphatic heterocycles. The normalized spacial score (nSPS) is 12.4. The van der Waals surface area contributed by atoms with Crippen molar-refractivity contribution in [3.8, 4) is 0 Å². The van der Waals surface area contributed by atoms with Gasteiger partial charge in [-0.25, -0.2) is 0 Å². The molecule has 0 aliphatic rings. The Morgan fingerprint density at radius 1 is 1.10 bits per heavy atom. The largest absolute Gasteiger partial charge is 0.328 e. The van der Waals surface area contributed by atoms with Crippen molar-refractivity contribution in [1.82, 2.24) is 0 Å². The predicted molar refractivity (Wildman–Crippen MR) is 89.1 cm³/mol. The predicted octanol–water partition coefficient (Wildman–Crippen LogP) is 5.34. The maximum atomic E-state index is 6.04. The highest BCUT2D eigenvalue weighted by molar-refractivity contribution is 7.99. The Kier molecular flexibility index (Phi) is 5.39. The summed E-state index contributed by atoms with van der Waals surface area (Å²) in [6, 6.07) is 12.4. The summed E-state index contributed by atoms with van der Waals surface area (Å²) in [6.45, 7) is 4.14. The molecule has 0 radical (unpaired) electrons. The molecule has 0 fully saturated rings. The van der Waals surface area contributed by atoms with E-state index < -0.39 is 0 Å². The quantitative estimate of drug-likeness (QED) is 0.820. The van der Waals surface area contributed by atoms with Gasteiger partial charge in [-0.15, -0.1) is 0 Å². The van der Waals surface area contributed by atoms with Gasteiger partial charge in [-0.2, -0.15) is 0 Å². The van der Waals surface area contributed by atoms with Crippen molar-refractivity contribution in [3.05, 3.63) is 57.6 Å². The molecule has 1 nitrogen and oxygen atoms in total. The standard InChI is InChI=1S/C16H17Cl2NS/c1-10-7-12(8-11(2)19)3-6-16(10)20-13-4-5-14(17)15(18)9-13/h3-7,9,11H,8,19H2,1-2H3. The molecule has 0 aromatic heterocycles. The van der Waals surface area contributed by atoms with Crippen LogP contribution in [0, 0.1) is 6.92 Å². The molecule has 0 spiro atoms. The molecule has 2 N–H and O–H groups in total. The lowest BCUT2D eigenvalue weighted by Gasteiger charge is -2.10. The van der Waals surface area contributed by atoms with E-state index in [4.69, 9.17) is 28.9 Å². The molecular weight excluding hydrogens is 309 g/mol. The Hall–Kier alpha value is -0.670. The fourth-order valence-corrected chi connectivity index (χ4v) is 3.28. The van der Waals surface area contributed by atoms with E-state index in [-0.39, 0.29) is 6.04 Å². The first-order chi connectivity index (χ1) is 9.45. The number of hydrogen-bond donors (Lipinski definition) is 1. The Labute approximate surface area is 134 Å². The summed E-state index contributed by atoms with van der Waals surface area (Å²) in [5.41, 5.74) is 8.36. The summed E-state index contributed by atoms with van der Waals surface area (Å²) in [6.07, 6.45) is 0.901. The fourth-order valence-electron chi connectivity index (χ4n) is 1.99. The number of hydrogen-bond acceptors (Lipinski definition) is 2. The zero-order chi connectivity index (χ0) is 14.7. The number of aryl methyl sites for hydroxylation is 1. The first-order valence-electron chi connectivity index (χ1n) is 6.43. The molecule has 0 saturated heterocycles. The van der Waals surface area contributed by atoms with E-state index in [1.54, 1.807) is 11.8 Å². The second kappa shape index (κ2) is 6.86. The SMILES string of the molecule is Cc1cc(CC(C)N)ccc1Sc1ccc(Cl)c(Cl)c1. The van der Waals surface area contributed by atoms with Crippen LogP contribution in [-0.2, 0) is 6.42 Å². The number of halogens is 2. The summed E-state index contributed by atoms with van der Waals surface area (Å²) >= 11 is 13.7. The van der Waals surface area contributed by atoms with Crippen LogP contribution in [0.5, 0.6) is 0 Å². The maximum absolute atomic E-state index is 6.04. The molecule has 106 valence electrons. The van der Waals surface area contributed by atoms with Gasteiger partial charge in [-0.3, -0.25) is 0 Å². The van der Waals surface area contributed by atoms with Crippen LogP contribution in [-0.4, -0.2) is 6.04 Å². The van der Waals surface area contributed by atoms with Crippen LogP contribution in [0.2, 0.25) is 10.0 Å². The molecule has 2 rings (SSSR count). The zero-order valence-electron chi connectivity index (χ0n) is 11.5. The first-order valence-corrected chi connectivity index (χ1v) is 8.01. The van der Waals surface area contributed by atoms with Crippen molar-refractivity contribution in [2.75, 3.05) is 0 Å². The Balaban J connectivity index is 2.19. The number of nitrogens with two attached hydrogens (primary N) is 1. The van der Waals surface area contributed by atoms with Crippen molar-refractivity contribution in [2.24, 2.45) is 5.73 Å². The van der Waals surface area contributed by atoms with Gasteiger partial charge in [-0.05, 0) is 55.7 Å². The monoisotopic (exact) mass is 325 g/mol. The molecule has 2 aromatic rings. The Morgan fingerprint density at radius 2 is 1.85 bits per heavy atom. The van der Waals surface area contributed by atoms with Gasteiger partial charge >= 0.3 is 0 Å². The Morgan fingerprint density at radius 3 is 2.45 bits per heavy atom. The molecule has 0 heterocycles. The first kappa shape index (κ1) is 15.7. The van der Waals surface area contributed by atoms with E-state index >= 15 is 0 Å². The number of rotatable bonds is 4. The van der Waals surface area contributed by atoms with Crippen molar-refractivity contribution < 1.29 is 0 Å². The van der Waals surface area contributed by atoms with E-state index in [0.717, 1.165) is 11.3 Å². The minimum absolute atomic E-state index is 0.183. The van der Waals surface area contributed by atoms with Gasteiger partial charge in [0.05, 0.1) is 10.0 Å². The third kappa shape index (κ3) is 4.16. The number of benzene rings is 2. The zero-order valence-corrected chi connectivity index (χ0v) is 13.8. The van der Waals surface area contributed by atoms with Gasteiger partial charge in [0.2, 0.25) is 0 Å². The third-order valence-corrected chi connectivity index (χ3v) is 4.82. The van der Waals surface area contributed by atoms with Crippen molar-refractivity contribution in [2.45, 2.75) is 36.1 Å². The van der Waals surface area contributed by atoms with Crippen LogP contribution in [0.1, 0.15) is 18.1 Å². The van der Waals surface area contributed by atoms with Gasteiger partial charge in [-0.1, -0.05) is 47.1 Å². The minimum atomic E-state index is 0.183. The Bertz CT molecular complexity index is 611. The van der Waals surface area contributed by atoms with Gasteiger partial charge in [0.25, 0.3) is 0 Å². The second-order valence-electron chi connectivity index (χ2n) is 4.96. The van der Waals surface area contributed by atoms with Gasteiger partial charge < -0.3 is 5.73 Å². The molecule has 0 aliphatic carbocycles. The lowest BCUT2D eigenvalue weighted by Crippen LogP contribution is -2.17. The van der Waals surface area contributed by atoms with E-state index in [9.17, 15) is 0 Å².